The molecule has 0 amide bonds. The molecule has 0 unspecified atom stereocenters. The Morgan fingerprint density at radius 1 is 0.667 bits per heavy atom. The van der Waals surface area contributed by atoms with Crippen molar-refractivity contribution in [2.24, 2.45) is 17.8 Å². The Bertz CT molecular complexity index is 94.6. The van der Waals surface area contributed by atoms with Gasteiger partial charge in [0.15, 0.2) is 0 Å². The smallest absolute Gasteiger partial charge is 0.0469 e. The third kappa shape index (κ3) is 24.9. The van der Waals surface area contributed by atoms with Crippen molar-refractivity contribution in [3.05, 3.63) is 0 Å². The highest BCUT2D eigenvalue weighted by molar-refractivity contribution is 4.47. The van der Waals surface area contributed by atoms with E-state index in [9.17, 15) is 0 Å². The largest absolute Gasteiger partial charge is 0.0654 e. The zero-order valence-corrected chi connectivity index (χ0v) is 12.3. The molecule has 0 spiro atoms. The van der Waals surface area contributed by atoms with Crippen molar-refractivity contribution < 1.29 is 0 Å². The molecule has 0 aliphatic rings. The van der Waals surface area contributed by atoms with E-state index in [1.54, 1.807) is 0 Å². The van der Waals surface area contributed by atoms with Crippen LogP contribution in [-0.2, 0) is 0 Å². The van der Waals surface area contributed by atoms with E-state index in [-0.39, 0.29) is 0 Å². The van der Waals surface area contributed by atoms with Crippen LogP contribution in [0.25, 0.3) is 0 Å². The Kier molecular flexibility index (Phi) is 14.0. The van der Waals surface area contributed by atoms with Crippen LogP contribution in [0, 0.1) is 17.8 Å². The van der Waals surface area contributed by atoms with Gasteiger partial charge in [0.2, 0.25) is 0 Å². The predicted octanol–water partition coefficient (Wildman–Crippen LogP) is 5.91. The molecule has 0 aromatic carbocycles. The molecule has 94 valence electrons. The van der Waals surface area contributed by atoms with Crippen LogP contribution in [0.3, 0.4) is 0 Å². The summed E-state index contributed by atoms with van der Waals surface area (Å²) >= 11 is 0. The number of hydrogen-bond acceptors (Lipinski definition) is 0. The normalized spacial score (nSPS) is 10.8. The van der Waals surface area contributed by atoms with E-state index in [0.717, 1.165) is 17.8 Å². The van der Waals surface area contributed by atoms with Crippen LogP contribution in [0.2, 0.25) is 0 Å². The van der Waals surface area contributed by atoms with Gasteiger partial charge in [-0.3, -0.25) is 0 Å². The average molecular weight is 214 g/mol. The molecule has 0 aliphatic carbocycles. The highest BCUT2D eigenvalue weighted by Gasteiger charge is 1.95. The Morgan fingerprint density at radius 2 is 1.13 bits per heavy atom. The summed E-state index contributed by atoms with van der Waals surface area (Å²) in [7, 11) is 0. The summed E-state index contributed by atoms with van der Waals surface area (Å²) in [6.07, 6.45) is 6.97. The molecule has 0 aromatic rings. The third-order valence-corrected chi connectivity index (χ3v) is 2.33. The standard InChI is InChI=1S/C8H18.C7H16/c1-4-5-6-7-8(2)3;1-6(2)5-7(3)4/h8H,4-7H2,1-3H3;6-7H,5H2,1-4H3. The first kappa shape index (κ1) is 17.4. The summed E-state index contributed by atoms with van der Waals surface area (Å²) in [6.45, 7) is 15.9. The molecule has 0 nitrogen and oxygen atoms in total. The van der Waals surface area contributed by atoms with Gasteiger partial charge in [-0.15, -0.1) is 0 Å². The molecule has 0 radical (unpaired) electrons. The predicted molar refractivity (Wildman–Crippen MR) is 73.3 cm³/mol. The fraction of sp³-hybridized carbons (Fsp3) is 1.00. The second-order valence-corrected chi connectivity index (χ2v) is 5.91. The molecule has 0 heteroatoms. The van der Waals surface area contributed by atoms with Crippen LogP contribution in [-0.4, -0.2) is 0 Å². The molecule has 15 heavy (non-hydrogen) atoms. The molecule has 0 fully saturated rings. The van der Waals surface area contributed by atoms with E-state index in [2.05, 4.69) is 48.5 Å². The highest BCUT2D eigenvalue weighted by atomic mass is 14.0. The van der Waals surface area contributed by atoms with E-state index < -0.39 is 0 Å². The van der Waals surface area contributed by atoms with Gasteiger partial charge in [0.05, 0.1) is 0 Å². The lowest BCUT2D eigenvalue weighted by molar-refractivity contribution is 0.469. The minimum Gasteiger partial charge on any atom is -0.0654 e. The summed E-state index contributed by atoms with van der Waals surface area (Å²) in [4.78, 5) is 0. The van der Waals surface area contributed by atoms with Crippen molar-refractivity contribution >= 4 is 0 Å². The lowest BCUT2D eigenvalue weighted by atomic mass is 10.0. The SMILES string of the molecule is CC(C)CC(C)C.CCCCCC(C)C. The molecule has 0 heterocycles. The summed E-state index contributed by atoms with van der Waals surface area (Å²) in [5.41, 5.74) is 0. The van der Waals surface area contributed by atoms with Crippen LogP contribution in [0.15, 0.2) is 0 Å². The van der Waals surface area contributed by atoms with E-state index in [1.807, 2.05) is 0 Å². The molecule has 0 saturated carbocycles. The van der Waals surface area contributed by atoms with Crippen LogP contribution in [0.1, 0.15) is 80.6 Å². The number of hydrogen-bond donors (Lipinski definition) is 0. The van der Waals surface area contributed by atoms with E-state index in [4.69, 9.17) is 0 Å². The van der Waals surface area contributed by atoms with Crippen molar-refractivity contribution in [3.8, 4) is 0 Å². The van der Waals surface area contributed by atoms with E-state index in [0.29, 0.717) is 0 Å². The minimum absolute atomic E-state index is 0.875. The molecule has 0 atom stereocenters. The Labute approximate surface area is 98.9 Å². The Balaban J connectivity index is 0. The van der Waals surface area contributed by atoms with Crippen LogP contribution >= 0.6 is 0 Å². The first-order valence-corrected chi connectivity index (χ1v) is 6.90. The first-order chi connectivity index (χ1) is 6.90. The van der Waals surface area contributed by atoms with Crippen molar-refractivity contribution in [2.75, 3.05) is 0 Å². The van der Waals surface area contributed by atoms with E-state index >= 15 is 0 Å². The Morgan fingerprint density at radius 3 is 1.33 bits per heavy atom. The number of unbranched alkanes of at least 4 members (excludes halogenated alkanes) is 2. The van der Waals surface area contributed by atoms with Gasteiger partial charge >= 0.3 is 0 Å². The fourth-order valence-electron chi connectivity index (χ4n) is 1.75. The molecular weight excluding hydrogens is 180 g/mol. The highest BCUT2D eigenvalue weighted by Crippen LogP contribution is 2.08. The average Bonchev–Trinajstić information content (AvgIpc) is 2.02. The monoisotopic (exact) mass is 214 g/mol. The van der Waals surface area contributed by atoms with E-state index in [1.165, 1.54) is 32.1 Å². The molecule has 0 N–H and O–H groups in total. The zero-order valence-electron chi connectivity index (χ0n) is 12.3. The van der Waals surface area contributed by atoms with Gasteiger partial charge in [0.25, 0.3) is 0 Å². The quantitative estimate of drug-likeness (QED) is 0.482. The van der Waals surface area contributed by atoms with Crippen LogP contribution < -0.4 is 0 Å². The second kappa shape index (κ2) is 12.1. The summed E-state index contributed by atoms with van der Waals surface area (Å²) in [5.74, 6) is 2.65. The third-order valence-electron chi connectivity index (χ3n) is 2.33. The van der Waals surface area contributed by atoms with Gasteiger partial charge in [0, 0.05) is 0 Å². The molecular formula is C15H34. The summed E-state index contributed by atoms with van der Waals surface area (Å²) < 4.78 is 0. The van der Waals surface area contributed by atoms with Crippen molar-refractivity contribution in [2.45, 2.75) is 80.6 Å². The molecule has 0 aliphatic heterocycles. The molecule has 0 rings (SSSR count). The van der Waals surface area contributed by atoms with Gasteiger partial charge in [-0.2, -0.15) is 0 Å². The molecule has 0 saturated heterocycles. The second-order valence-electron chi connectivity index (χ2n) is 5.91. The fourth-order valence-corrected chi connectivity index (χ4v) is 1.75. The van der Waals surface area contributed by atoms with Gasteiger partial charge in [-0.25, -0.2) is 0 Å². The summed E-state index contributed by atoms with van der Waals surface area (Å²) in [5, 5.41) is 0. The van der Waals surface area contributed by atoms with Gasteiger partial charge < -0.3 is 0 Å². The zero-order chi connectivity index (χ0) is 12.3. The lowest BCUT2D eigenvalue weighted by Gasteiger charge is -2.05. The number of rotatable bonds is 6. The van der Waals surface area contributed by atoms with Crippen LogP contribution in [0.4, 0.5) is 0 Å². The molecule has 0 bridgehead atoms. The maximum Gasteiger partial charge on any atom is -0.0469 e. The first-order valence-electron chi connectivity index (χ1n) is 6.90. The molecule has 0 aromatic heterocycles. The lowest BCUT2D eigenvalue weighted by Crippen LogP contribution is -1.93. The minimum atomic E-state index is 0.875. The van der Waals surface area contributed by atoms with Crippen molar-refractivity contribution in [3.63, 3.8) is 0 Å². The summed E-state index contributed by atoms with van der Waals surface area (Å²) in [6, 6.07) is 0. The Hall–Kier alpha value is 0. The topological polar surface area (TPSA) is 0 Å². The van der Waals surface area contributed by atoms with Gasteiger partial charge in [-0.05, 0) is 24.2 Å². The van der Waals surface area contributed by atoms with Crippen molar-refractivity contribution in [1.29, 1.82) is 0 Å². The van der Waals surface area contributed by atoms with Gasteiger partial charge in [0.1, 0.15) is 0 Å². The maximum atomic E-state index is 2.29. The van der Waals surface area contributed by atoms with Gasteiger partial charge in [-0.1, -0.05) is 74.1 Å². The van der Waals surface area contributed by atoms with Crippen molar-refractivity contribution in [1.82, 2.24) is 0 Å². The van der Waals surface area contributed by atoms with Crippen LogP contribution in [0.5, 0.6) is 0 Å². The maximum absolute atomic E-state index is 2.29.